The maximum atomic E-state index is 5.84. The molecule has 0 radical (unpaired) electrons. The van der Waals surface area contributed by atoms with Crippen LogP contribution in [0.25, 0.3) is 11.5 Å². The van der Waals surface area contributed by atoms with Crippen LogP contribution >= 0.6 is 23.4 Å². The second-order valence-corrected chi connectivity index (χ2v) is 3.78. The lowest BCUT2D eigenvalue weighted by atomic mass is 10.2. The molecule has 0 amide bonds. The second kappa shape index (κ2) is 4.02. The highest BCUT2D eigenvalue weighted by Gasteiger charge is 2.07. The molecule has 0 fully saturated rings. The van der Waals surface area contributed by atoms with E-state index >= 15 is 0 Å². The molecule has 0 aliphatic heterocycles. The molecule has 0 spiro atoms. The molecule has 3 nitrogen and oxygen atoms in total. The van der Waals surface area contributed by atoms with E-state index in [9.17, 15) is 0 Å². The van der Waals surface area contributed by atoms with Gasteiger partial charge in [0, 0.05) is 10.6 Å². The van der Waals surface area contributed by atoms with Crippen LogP contribution in [0.2, 0.25) is 5.02 Å². The van der Waals surface area contributed by atoms with Gasteiger partial charge in [-0.25, -0.2) is 0 Å². The molecule has 0 saturated heterocycles. The SMILES string of the molecule is CSc1nnc(-c2cccc(Cl)c2)o1. The van der Waals surface area contributed by atoms with E-state index in [0.717, 1.165) is 5.56 Å². The van der Waals surface area contributed by atoms with Crippen molar-refractivity contribution < 1.29 is 4.42 Å². The summed E-state index contributed by atoms with van der Waals surface area (Å²) in [6.45, 7) is 0. The Balaban J connectivity index is 2.39. The molecular weight excluding hydrogens is 220 g/mol. The first-order chi connectivity index (χ1) is 6.79. The van der Waals surface area contributed by atoms with Crippen molar-refractivity contribution in [2.75, 3.05) is 6.26 Å². The van der Waals surface area contributed by atoms with Crippen molar-refractivity contribution in [3.8, 4) is 11.5 Å². The van der Waals surface area contributed by atoms with Gasteiger partial charge in [-0.15, -0.1) is 10.2 Å². The molecular formula is C9H7ClN2OS. The van der Waals surface area contributed by atoms with Crippen LogP contribution in [0, 0.1) is 0 Å². The smallest absolute Gasteiger partial charge is 0.276 e. The third-order valence-electron chi connectivity index (χ3n) is 1.65. The number of thioether (sulfide) groups is 1. The number of hydrogen-bond donors (Lipinski definition) is 0. The summed E-state index contributed by atoms with van der Waals surface area (Å²) < 4.78 is 5.36. The van der Waals surface area contributed by atoms with Crippen LogP contribution < -0.4 is 0 Å². The molecule has 0 atom stereocenters. The molecule has 0 aliphatic carbocycles. The molecule has 72 valence electrons. The number of benzene rings is 1. The number of rotatable bonds is 2. The van der Waals surface area contributed by atoms with Gasteiger partial charge in [-0.2, -0.15) is 0 Å². The summed E-state index contributed by atoms with van der Waals surface area (Å²) in [5.41, 5.74) is 0.838. The summed E-state index contributed by atoms with van der Waals surface area (Å²) in [4.78, 5) is 0. The van der Waals surface area contributed by atoms with Crippen molar-refractivity contribution >= 4 is 23.4 Å². The first-order valence-corrected chi connectivity index (χ1v) is 5.53. The van der Waals surface area contributed by atoms with Crippen molar-refractivity contribution in [2.24, 2.45) is 0 Å². The van der Waals surface area contributed by atoms with E-state index in [1.807, 2.05) is 18.4 Å². The molecule has 0 saturated carbocycles. The number of hydrogen-bond acceptors (Lipinski definition) is 4. The highest BCUT2D eigenvalue weighted by molar-refractivity contribution is 7.98. The summed E-state index contributed by atoms with van der Waals surface area (Å²) >= 11 is 7.26. The molecule has 2 aromatic rings. The molecule has 0 N–H and O–H groups in total. The average molecular weight is 227 g/mol. The van der Waals surface area contributed by atoms with Crippen molar-refractivity contribution in [2.45, 2.75) is 5.22 Å². The Morgan fingerprint density at radius 3 is 2.86 bits per heavy atom. The highest BCUT2D eigenvalue weighted by Crippen LogP contribution is 2.23. The van der Waals surface area contributed by atoms with Gasteiger partial charge in [0.1, 0.15) is 0 Å². The zero-order chi connectivity index (χ0) is 9.97. The van der Waals surface area contributed by atoms with Crippen LogP contribution in [0.4, 0.5) is 0 Å². The molecule has 1 heterocycles. The van der Waals surface area contributed by atoms with Crippen molar-refractivity contribution in [3.05, 3.63) is 29.3 Å². The molecule has 2 rings (SSSR count). The first-order valence-electron chi connectivity index (χ1n) is 3.93. The Hall–Kier alpha value is -1.00. The van der Waals surface area contributed by atoms with Gasteiger partial charge in [-0.1, -0.05) is 29.4 Å². The van der Waals surface area contributed by atoms with E-state index < -0.39 is 0 Å². The first kappa shape index (κ1) is 9.55. The Labute approximate surface area is 90.5 Å². The monoisotopic (exact) mass is 226 g/mol. The summed E-state index contributed by atoms with van der Waals surface area (Å²) in [5, 5.41) is 8.96. The fourth-order valence-electron chi connectivity index (χ4n) is 1.03. The summed E-state index contributed by atoms with van der Waals surface area (Å²) in [5.74, 6) is 0.497. The van der Waals surface area contributed by atoms with Crippen LogP contribution in [0.1, 0.15) is 0 Å². The molecule has 0 aliphatic rings. The Morgan fingerprint density at radius 1 is 1.36 bits per heavy atom. The Morgan fingerprint density at radius 2 is 2.21 bits per heavy atom. The molecule has 1 aromatic carbocycles. The Kier molecular flexibility index (Phi) is 2.74. The summed E-state index contributed by atoms with van der Waals surface area (Å²) in [7, 11) is 0. The van der Waals surface area contributed by atoms with Gasteiger partial charge in [0.05, 0.1) is 0 Å². The minimum atomic E-state index is 0.497. The van der Waals surface area contributed by atoms with E-state index in [1.165, 1.54) is 11.8 Å². The van der Waals surface area contributed by atoms with Crippen LogP contribution in [0.3, 0.4) is 0 Å². The number of aromatic nitrogens is 2. The lowest BCUT2D eigenvalue weighted by Crippen LogP contribution is -1.76. The zero-order valence-corrected chi connectivity index (χ0v) is 8.97. The average Bonchev–Trinajstić information content (AvgIpc) is 2.66. The minimum Gasteiger partial charge on any atom is -0.411 e. The van der Waals surface area contributed by atoms with Gasteiger partial charge in [-0.05, 0) is 24.5 Å². The van der Waals surface area contributed by atoms with Crippen LogP contribution in [0.15, 0.2) is 33.9 Å². The van der Waals surface area contributed by atoms with Crippen molar-refractivity contribution in [1.29, 1.82) is 0 Å². The summed E-state index contributed by atoms with van der Waals surface area (Å²) in [6.07, 6.45) is 1.88. The van der Waals surface area contributed by atoms with E-state index in [4.69, 9.17) is 16.0 Å². The van der Waals surface area contributed by atoms with Crippen LogP contribution in [-0.2, 0) is 0 Å². The fraction of sp³-hybridized carbons (Fsp3) is 0.111. The molecule has 0 bridgehead atoms. The fourth-order valence-corrected chi connectivity index (χ4v) is 1.51. The zero-order valence-electron chi connectivity index (χ0n) is 7.40. The third-order valence-corrected chi connectivity index (χ3v) is 2.40. The lowest BCUT2D eigenvalue weighted by molar-refractivity contribution is 0.466. The molecule has 0 unspecified atom stereocenters. The van der Waals surface area contributed by atoms with Gasteiger partial charge in [0.15, 0.2) is 0 Å². The largest absolute Gasteiger partial charge is 0.411 e. The quantitative estimate of drug-likeness (QED) is 0.738. The lowest BCUT2D eigenvalue weighted by Gasteiger charge is -1.93. The topological polar surface area (TPSA) is 38.9 Å². The van der Waals surface area contributed by atoms with Gasteiger partial charge in [0.25, 0.3) is 5.22 Å². The van der Waals surface area contributed by atoms with E-state index in [2.05, 4.69) is 10.2 Å². The van der Waals surface area contributed by atoms with E-state index in [-0.39, 0.29) is 0 Å². The molecule has 5 heteroatoms. The van der Waals surface area contributed by atoms with Gasteiger partial charge in [-0.3, -0.25) is 0 Å². The summed E-state index contributed by atoms with van der Waals surface area (Å²) in [6, 6.07) is 7.32. The molecule has 14 heavy (non-hydrogen) atoms. The van der Waals surface area contributed by atoms with E-state index in [0.29, 0.717) is 16.1 Å². The highest BCUT2D eigenvalue weighted by atomic mass is 35.5. The minimum absolute atomic E-state index is 0.497. The van der Waals surface area contributed by atoms with Gasteiger partial charge in [0.2, 0.25) is 5.89 Å². The van der Waals surface area contributed by atoms with Gasteiger partial charge < -0.3 is 4.42 Å². The predicted octanol–water partition coefficient (Wildman–Crippen LogP) is 3.11. The van der Waals surface area contributed by atoms with Crippen LogP contribution in [0.5, 0.6) is 0 Å². The molecule has 1 aromatic heterocycles. The predicted molar refractivity (Wildman–Crippen MR) is 56.5 cm³/mol. The number of halogens is 1. The maximum absolute atomic E-state index is 5.84. The maximum Gasteiger partial charge on any atom is 0.276 e. The second-order valence-electron chi connectivity index (χ2n) is 2.59. The van der Waals surface area contributed by atoms with Crippen molar-refractivity contribution in [1.82, 2.24) is 10.2 Å². The van der Waals surface area contributed by atoms with Gasteiger partial charge >= 0.3 is 0 Å². The Bertz CT molecular complexity index is 444. The standard InChI is InChI=1S/C9H7ClN2OS/c1-14-9-12-11-8(13-9)6-3-2-4-7(10)5-6/h2-5H,1H3. The van der Waals surface area contributed by atoms with Crippen LogP contribution in [-0.4, -0.2) is 16.5 Å². The van der Waals surface area contributed by atoms with E-state index in [1.54, 1.807) is 12.1 Å². The van der Waals surface area contributed by atoms with Crippen molar-refractivity contribution in [3.63, 3.8) is 0 Å². The third kappa shape index (κ3) is 1.91. The number of nitrogens with zero attached hydrogens (tertiary/aromatic N) is 2. The normalized spacial score (nSPS) is 10.4.